The summed E-state index contributed by atoms with van der Waals surface area (Å²) >= 11 is 10.3. The first-order valence-electron chi connectivity index (χ1n) is 3.38. The molecule has 0 unspecified atom stereocenters. The molecule has 0 rings (SSSR count). The van der Waals surface area contributed by atoms with E-state index in [1.54, 1.807) is 6.92 Å². The summed E-state index contributed by atoms with van der Waals surface area (Å²) in [4.78, 5) is 21.0. The summed E-state index contributed by atoms with van der Waals surface area (Å²) < 4.78 is 0. The SMILES string of the molecule is C=C(/C=C\C=C(/C)C(=O)Cl)C(=O)Cl. The fourth-order valence-corrected chi connectivity index (χ4v) is 0.566. The predicted molar refractivity (Wildman–Crippen MR) is 53.8 cm³/mol. The third kappa shape index (κ3) is 5.39. The first-order valence-corrected chi connectivity index (χ1v) is 4.14. The molecule has 0 N–H and O–H groups in total. The van der Waals surface area contributed by atoms with E-state index in [1.807, 2.05) is 0 Å². The third-order valence-electron chi connectivity index (χ3n) is 1.21. The van der Waals surface area contributed by atoms with Crippen LogP contribution in [-0.2, 0) is 9.59 Å². The second-order valence-corrected chi connectivity index (χ2v) is 2.97. The van der Waals surface area contributed by atoms with Gasteiger partial charge in [0.15, 0.2) is 0 Å². The summed E-state index contributed by atoms with van der Waals surface area (Å²) in [5.41, 5.74) is 0.542. The van der Waals surface area contributed by atoms with Crippen LogP contribution < -0.4 is 0 Å². The van der Waals surface area contributed by atoms with Gasteiger partial charge in [0, 0.05) is 11.1 Å². The molecule has 0 radical (unpaired) electrons. The number of hydrogen-bond acceptors (Lipinski definition) is 2. The lowest BCUT2D eigenvalue weighted by Crippen LogP contribution is -1.87. The van der Waals surface area contributed by atoms with Crippen molar-refractivity contribution in [2.75, 3.05) is 0 Å². The Morgan fingerprint density at radius 2 is 1.77 bits per heavy atom. The van der Waals surface area contributed by atoms with Crippen molar-refractivity contribution in [1.29, 1.82) is 0 Å². The van der Waals surface area contributed by atoms with Crippen molar-refractivity contribution < 1.29 is 9.59 Å². The van der Waals surface area contributed by atoms with Crippen molar-refractivity contribution in [2.45, 2.75) is 6.92 Å². The van der Waals surface area contributed by atoms with Gasteiger partial charge in [-0.3, -0.25) is 9.59 Å². The van der Waals surface area contributed by atoms with Crippen molar-refractivity contribution in [3.8, 4) is 0 Å². The maximum atomic E-state index is 10.5. The Labute approximate surface area is 86.5 Å². The van der Waals surface area contributed by atoms with Crippen LogP contribution in [0.15, 0.2) is 36.0 Å². The fraction of sp³-hybridized carbons (Fsp3) is 0.111. The standard InChI is InChI=1S/C9H8Cl2O2/c1-6(8(10)12)4-3-5-7(2)9(11)13/h3-5H,1H2,2H3/b4-3-,7-5+. The molecule has 13 heavy (non-hydrogen) atoms. The van der Waals surface area contributed by atoms with Gasteiger partial charge in [0.25, 0.3) is 5.24 Å². The molecule has 2 nitrogen and oxygen atoms in total. The third-order valence-corrected chi connectivity index (χ3v) is 1.75. The van der Waals surface area contributed by atoms with E-state index in [4.69, 9.17) is 23.2 Å². The van der Waals surface area contributed by atoms with Crippen molar-refractivity contribution in [1.82, 2.24) is 0 Å². The lowest BCUT2D eigenvalue weighted by molar-refractivity contribution is -0.109. The molecule has 0 amide bonds. The molecule has 0 aliphatic rings. The lowest BCUT2D eigenvalue weighted by atomic mass is 10.2. The van der Waals surface area contributed by atoms with Gasteiger partial charge in [-0.25, -0.2) is 0 Å². The number of hydrogen-bond donors (Lipinski definition) is 0. The van der Waals surface area contributed by atoms with Crippen LogP contribution >= 0.6 is 23.2 Å². The Bertz CT molecular complexity index is 301. The van der Waals surface area contributed by atoms with Gasteiger partial charge in [0.1, 0.15) is 0 Å². The molecule has 0 spiro atoms. The van der Waals surface area contributed by atoms with Gasteiger partial charge >= 0.3 is 0 Å². The zero-order valence-corrected chi connectivity index (χ0v) is 8.52. The fourth-order valence-electron chi connectivity index (χ4n) is 0.440. The lowest BCUT2D eigenvalue weighted by Gasteiger charge is -1.88. The van der Waals surface area contributed by atoms with E-state index < -0.39 is 10.5 Å². The highest BCUT2D eigenvalue weighted by atomic mass is 35.5. The maximum Gasteiger partial charge on any atom is 0.251 e. The zero-order chi connectivity index (χ0) is 10.4. The smallest absolute Gasteiger partial charge is 0.251 e. The van der Waals surface area contributed by atoms with Crippen LogP contribution in [-0.4, -0.2) is 10.5 Å². The molecule has 0 saturated carbocycles. The Hall–Kier alpha value is -0.860. The molecule has 0 aliphatic carbocycles. The highest BCUT2D eigenvalue weighted by molar-refractivity contribution is 6.68. The van der Waals surface area contributed by atoms with Crippen LogP contribution in [0.1, 0.15) is 6.92 Å². The normalized spacial score (nSPS) is 11.8. The second kappa shape index (κ2) is 5.73. The quantitative estimate of drug-likeness (QED) is 0.413. The highest BCUT2D eigenvalue weighted by Crippen LogP contribution is 2.02. The van der Waals surface area contributed by atoms with Gasteiger partial charge in [-0.15, -0.1) is 0 Å². The molecular weight excluding hydrogens is 211 g/mol. The zero-order valence-electron chi connectivity index (χ0n) is 7.01. The molecule has 0 fully saturated rings. The monoisotopic (exact) mass is 218 g/mol. The van der Waals surface area contributed by atoms with Crippen LogP contribution in [0.3, 0.4) is 0 Å². The molecule has 0 aromatic carbocycles. The van der Waals surface area contributed by atoms with Gasteiger partial charge in [0.05, 0.1) is 0 Å². The first-order chi connectivity index (χ1) is 5.95. The maximum absolute atomic E-state index is 10.5. The van der Waals surface area contributed by atoms with E-state index in [2.05, 4.69) is 6.58 Å². The van der Waals surface area contributed by atoms with Gasteiger partial charge in [-0.05, 0) is 30.1 Å². The van der Waals surface area contributed by atoms with Gasteiger partial charge < -0.3 is 0 Å². The van der Waals surface area contributed by atoms with Gasteiger partial charge in [-0.2, -0.15) is 0 Å². The highest BCUT2D eigenvalue weighted by Gasteiger charge is 1.97. The van der Waals surface area contributed by atoms with E-state index in [1.165, 1.54) is 18.2 Å². The molecule has 0 heterocycles. The minimum atomic E-state index is -0.625. The average molecular weight is 219 g/mol. The number of allylic oxidation sites excluding steroid dienone is 5. The van der Waals surface area contributed by atoms with Crippen LogP contribution in [0.4, 0.5) is 0 Å². The molecule has 0 saturated heterocycles. The Morgan fingerprint density at radius 1 is 1.23 bits per heavy atom. The Morgan fingerprint density at radius 3 is 2.15 bits per heavy atom. The molecule has 0 atom stereocenters. The van der Waals surface area contributed by atoms with Crippen molar-refractivity contribution >= 4 is 33.7 Å². The molecule has 4 heteroatoms. The summed E-state index contributed by atoms with van der Waals surface area (Å²) in [6, 6.07) is 0. The Kier molecular flexibility index (Phi) is 5.35. The summed E-state index contributed by atoms with van der Waals surface area (Å²) in [6.45, 7) is 4.94. The van der Waals surface area contributed by atoms with Gasteiger partial charge in [0.2, 0.25) is 5.24 Å². The predicted octanol–water partition coefficient (Wildman–Crippen LogP) is 2.58. The first kappa shape index (κ1) is 12.1. The topological polar surface area (TPSA) is 34.1 Å². The molecule has 0 bridgehead atoms. The van der Waals surface area contributed by atoms with Gasteiger partial charge in [-0.1, -0.05) is 24.8 Å². The molecule has 70 valence electrons. The number of carbonyl (C=O) groups is 2. The van der Waals surface area contributed by atoms with E-state index >= 15 is 0 Å². The second-order valence-electron chi connectivity index (χ2n) is 2.28. The summed E-state index contributed by atoms with van der Waals surface area (Å²) in [5, 5.41) is -1.16. The number of carbonyl (C=O) groups excluding carboxylic acids is 2. The van der Waals surface area contributed by atoms with E-state index in [0.29, 0.717) is 5.57 Å². The number of halogens is 2. The van der Waals surface area contributed by atoms with Crippen LogP contribution in [0.2, 0.25) is 0 Å². The minimum absolute atomic E-state index is 0.160. The average Bonchev–Trinajstić information content (AvgIpc) is 2.03. The summed E-state index contributed by atoms with van der Waals surface area (Å²) in [5.74, 6) is 0. The van der Waals surface area contributed by atoms with Crippen LogP contribution in [0, 0.1) is 0 Å². The van der Waals surface area contributed by atoms with E-state index in [0.717, 1.165) is 0 Å². The molecule has 0 aromatic rings. The van der Waals surface area contributed by atoms with E-state index in [9.17, 15) is 9.59 Å². The van der Waals surface area contributed by atoms with Crippen LogP contribution in [0.5, 0.6) is 0 Å². The molecule has 0 aliphatic heterocycles. The minimum Gasteiger partial charge on any atom is -0.276 e. The summed E-state index contributed by atoms with van der Waals surface area (Å²) in [7, 11) is 0. The number of rotatable bonds is 4. The van der Waals surface area contributed by atoms with Crippen molar-refractivity contribution in [3.63, 3.8) is 0 Å². The van der Waals surface area contributed by atoms with Crippen LogP contribution in [0.25, 0.3) is 0 Å². The molecule has 0 aromatic heterocycles. The molecular formula is C9H8Cl2O2. The van der Waals surface area contributed by atoms with Crippen molar-refractivity contribution in [3.05, 3.63) is 36.0 Å². The van der Waals surface area contributed by atoms with Crippen molar-refractivity contribution in [2.24, 2.45) is 0 Å². The largest absolute Gasteiger partial charge is 0.276 e. The summed E-state index contributed by atoms with van der Waals surface area (Å²) in [6.07, 6.45) is 4.36. The Balaban J connectivity index is 4.31. The van der Waals surface area contributed by atoms with E-state index in [-0.39, 0.29) is 5.57 Å².